The lowest BCUT2D eigenvalue weighted by atomic mass is 9.90. The van der Waals surface area contributed by atoms with Crippen LogP contribution in [0.2, 0.25) is 0 Å². The molecule has 20 heavy (non-hydrogen) atoms. The van der Waals surface area contributed by atoms with E-state index in [4.69, 9.17) is 14.9 Å². The Labute approximate surface area is 120 Å². The maximum atomic E-state index is 6.16. The number of nitrogens with two attached hydrogens (primary N) is 1. The minimum absolute atomic E-state index is 0.175. The van der Waals surface area contributed by atoms with E-state index in [9.17, 15) is 0 Å². The number of fused-ring (bicyclic) bond motifs is 1. The van der Waals surface area contributed by atoms with Crippen LogP contribution in [0, 0.1) is 5.92 Å². The Hall–Kier alpha value is -1.32. The summed E-state index contributed by atoms with van der Waals surface area (Å²) in [6, 6.07) is 9.83. The Bertz CT molecular complexity index is 510. The molecule has 1 heterocycles. The minimum Gasteiger partial charge on any atom is -0.459 e. The average molecular weight is 273 g/mol. The van der Waals surface area contributed by atoms with Crippen LogP contribution in [0.3, 0.4) is 0 Å². The van der Waals surface area contributed by atoms with Gasteiger partial charge in [-0.25, -0.2) is 0 Å². The van der Waals surface area contributed by atoms with E-state index < -0.39 is 0 Å². The third-order valence-electron chi connectivity index (χ3n) is 4.19. The second-order valence-corrected chi connectivity index (χ2v) is 5.83. The lowest BCUT2D eigenvalue weighted by molar-refractivity contribution is 0.0728. The quantitative estimate of drug-likeness (QED) is 0.894. The molecule has 1 atom stereocenters. The highest BCUT2D eigenvalue weighted by Crippen LogP contribution is 2.25. The van der Waals surface area contributed by atoms with Crippen molar-refractivity contribution in [2.45, 2.75) is 38.1 Å². The third kappa shape index (κ3) is 3.22. The van der Waals surface area contributed by atoms with Gasteiger partial charge >= 0.3 is 0 Å². The Morgan fingerprint density at radius 1 is 1.20 bits per heavy atom. The number of hydrogen-bond acceptors (Lipinski definition) is 3. The molecule has 2 aromatic rings. The standard InChI is InChI=1S/C17H23NO2/c18-15(12-19-11-13-6-2-1-3-7-13)17-10-14-8-4-5-9-16(14)20-17/h4-5,8-10,13,15H,1-3,6-7,11-12,18H2. The Kier molecular flexibility index (Phi) is 4.38. The summed E-state index contributed by atoms with van der Waals surface area (Å²) >= 11 is 0. The monoisotopic (exact) mass is 273 g/mol. The fourth-order valence-electron chi connectivity index (χ4n) is 2.98. The van der Waals surface area contributed by atoms with Gasteiger partial charge in [0.25, 0.3) is 0 Å². The fourth-order valence-corrected chi connectivity index (χ4v) is 2.98. The molecular weight excluding hydrogens is 250 g/mol. The van der Waals surface area contributed by atoms with Crippen molar-refractivity contribution in [3.8, 4) is 0 Å². The molecule has 0 saturated heterocycles. The largest absolute Gasteiger partial charge is 0.459 e. The summed E-state index contributed by atoms with van der Waals surface area (Å²) < 4.78 is 11.6. The van der Waals surface area contributed by atoms with Crippen molar-refractivity contribution in [3.05, 3.63) is 36.1 Å². The first-order valence-corrected chi connectivity index (χ1v) is 7.65. The zero-order valence-corrected chi connectivity index (χ0v) is 11.9. The van der Waals surface area contributed by atoms with Crippen LogP contribution in [-0.4, -0.2) is 13.2 Å². The van der Waals surface area contributed by atoms with Crippen LogP contribution in [-0.2, 0) is 4.74 Å². The van der Waals surface area contributed by atoms with Crippen molar-refractivity contribution in [2.24, 2.45) is 11.7 Å². The van der Waals surface area contributed by atoms with E-state index >= 15 is 0 Å². The van der Waals surface area contributed by atoms with Crippen LogP contribution in [0.25, 0.3) is 11.0 Å². The van der Waals surface area contributed by atoms with Crippen molar-refractivity contribution in [1.29, 1.82) is 0 Å². The van der Waals surface area contributed by atoms with E-state index in [1.54, 1.807) is 0 Å². The van der Waals surface area contributed by atoms with Gasteiger partial charge in [-0.3, -0.25) is 0 Å². The van der Waals surface area contributed by atoms with Gasteiger partial charge in [0.2, 0.25) is 0 Å². The highest BCUT2D eigenvalue weighted by atomic mass is 16.5. The average Bonchev–Trinajstić information content (AvgIpc) is 2.92. The Morgan fingerprint density at radius 2 is 2.00 bits per heavy atom. The van der Waals surface area contributed by atoms with E-state index in [0.29, 0.717) is 6.61 Å². The van der Waals surface area contributed by atoms with Gasteiger partial charge in [0.1, 0.15) is 11.3 Å². The van der Waals surface area contributed by atoms with Crippen LogP contribution < -0.4 is 5.73 Å². The fraction of sp³-hybridized carbons (Fsp3) is 0.529. The normalized spacial score (nSPS) is 18.4. The first-order chi connectivity index (χ1) is 9.83. The van der Waals surface area contributed by atoms with Gasteiger partial charge in [-0.1, -0.05) is 37.5 Å². The molecule has 3 nitrogen and oxygen atoms in total. The highest BCUT2D eigenvalue weighted by molar-refractivity contribution is 5.77. The van der Waals surface area contributed by atoms with Gasteiger partial charge in [0, 0.05) is 12.0 Å². The second kappa shape index (κ2) is 6.42. The zero-order chi connectivity index (χ0) is 13.8. The molecule has 1 aliphatic carbocycles. The maximum absolute atomic E-state index is 6.16. The Morgan fingerprint density at radius 3 is 2.80 bits per heavy atom. The van der Waals surface area contributed by atoms with Gasteiger partial charge in [-0.15, -0.1) is 0 Å². The Balaban J connectivity index is 1.52. The SMILES string of the molecule is NC(COCC1CCCCC1)c1cc2ccccc2o1. The molecule has 0 amide bonds. The summed E-state index contributed by atoms with van der Waals surface area (Å²) in [5, 5.41) is 1.10. The third-order valence-corrected chi connectivity index (χ3v) is 4.19. The summed E-state index contributed by atoms with van der Waals surface area (Å²) in [7, 11) is 0. The smallest absolute Gasteiger partial charge is 0.134 e. The maximum Gasteiger partial charge on any atom is 0.134 e. The minimum atomic E-state index is -0.175. The summed E-state index contributed by atoms with van der Waals surface area (Å²) in [6.45, 7) is 1.38. The number of furan rings is 1. The van der Waals surface area contributed by atoms with Gasteiger partial charge in [-0.05, 0) is 30.9 Å². The molecule has 0 radical (unpaired) electrons. The van der Waals surface area contributed by atoms with Crippen LogP contribution in [0.15, 0.2) is 34.7 Å². The molecule has 2 N–H and O–H groups in total. The second-order valence-electron chi connectivity index (χ2n) is 5.83. The van der Waals surface area contributed by atoms with E-state index in [2.05, 4.69) is 0 Å². The first-order valence-electron chi connectivity index (χ1n) is 7.65. The molecule has 0 bridgehead atoms. The molecule has 3 rings (SSSR count). The topological polar surface area (TPSA) is 48.4 Å². The molecule has 0 aliphatic heterocycles. The van der Waals surface area contributed by atoms with E-state index in [1.807, 2.05) is 30.3 Å². The van der Waals surface area contributed by atoms with Crippen LogP contribution >= 0.6 is 0 Å². The van der Waals surface area contributed by atoms with Crippen molar-refractivity contribution in [3.63, 3.8) is 0 Å². The van der Waals surface area contributed by atoms with E-state index in [1.165, 1.54) is 32.1 Å². The lowest BCUT2D eigenvalue weighted by Crippen LogP contribution is -2.20. The van der Waals surface area contributed by atoms with Crippen molar-refractivity contribution < 1.29 is 9.15 Å². The summed E-state index contributed by atoms with van der Waals surface area (Å²) in [4.78, 5) is 0. The molecule has 1 saturated carbocycles. The molecule has 1 aromatic carbocycles. The van der Waals surface area contributed by atoms with Gasteiger partial charge < -0.3 is 14.9 Å². The molecule has 0 spiro atoms. The van der Waals surface area contributed by atoms with Gasteiger partial charge in [0.15, 0.2) is 0 Å². The first kappa shape index (κ1) is 13.7. The number of hydrogen-bond donors (Lipinski definition) is 1. The van der Waals surface area contributed by atoms with Gasteiger partial charge in [-0.2, -0.15) is 0 Å². The summed E-state index contributed by atoms with van der Waals surface area (Å²) in [5.41, 5.74) is 7.05. The summed E-state index contributed by atoms with van der Waals surface area (Å²) in [6.07, 6.45) is 6.70. The molecule has 108 valence electrons. The van der Waals surface area contributed by atoms with Crippen molar-refractivity contribution in [1.82, 2.24) is 0 Å². The zero-order valence-electron chi connectivity index (χ0n) is 11.9. The number of rotatable bonds is 5. The van der Waals surface area contributed by atoms with E-state index in [0.717, 1.165) is 29.3 Å². The molecular formula is C17H23NO2. The molecule has 1 unspecified atom stereocenters. The number of benzene rings is 1. The molecule has 1 aliphatic rings. The molecule has 1 aromatic heterocycles. The van der Waals surface area contributed by atoms with Crippen LogP contribution in [0.5, 0.6) is 0 Å². The molecule has 3 heteroatoms. The number of ether oxygens (including phenoxy) is 1. The van der Waals surface area contributed by atoms with Crippen molar-refractivity contribution in [2.75, 3.05) is 13.2 Å². The lowest BCUT2D eigenvalue weighted by Gasteiger charge is -2.21. The predicted molar refractivity (Wildman–Crippen MR) is 80.5 cm³/mol. The van der Waals surface area contributed by atoms with Crippen LogP contribution in [0.4, 0.5) is 0 Å². The van der Waals surface area contributed by atoms with Crippen molar-refractivity contribution >= 4 is 11.0 Å². The predicted octanol–water partition coefficient (Wildman–Crippen LogP) is 4.03. The van der Waals surface area contributed by atoms with E-state index in [-0.39, 0.29) is 6.04 Å². The molecule has 1 fully saturated rings. The van der Waals surface area contributed by atoms with Crippen LogP contribution in [0.1, 0.15) is 43.9 Å². The summed E-state index contributed by atoms with van der Waals surface area (Å²) in [5.74, 6) is 1.54. The highest BCUT2D eigenvalue weighted by Gasteiger charge is 2.16. The number of para-hydroxylation sites is 1. The van der Waals surface area contributed by atoms with Gasteiger partial charge in [0.05, 0.1) is 12.6 Å².